The van der Waals surface area contributed by atoms with E-state index in [1.54, 1.807) is 6.92 Å². The lowest BCUT2D eigenvalue weighted by molar-refractivity contribution is -0.115. The Morgan fingerprint density at radius 3 is 2.77 bits per heavy atom. The number of carbonyl (C=O) groups is 1. The van der Waals surface area contributed by atoms with Crippen LogP contribution < -0.4 is 9.62 Å². The summed E-state index contributed by atoms with van der Waals surface area (Å²) in [4.78, 5) is 12.5. The topological polar surface area (TPSA) is 66.5 Å². The van der Waals surface area contributed by atoms with Gasteiger partial charge in [0, 0.05) is 4.88 Å². The summed E-state index contributed by atoms with van der Waals surface area (Å²) in [5, 5.41) is 2.37. The minimum Gasteiger partial charge on any atom is -0.320 e. The van der Waals surface area contributed by atoms with Gasteiger partial charge in [-0.15, -0.1) is 11.3 Å². The number of rotatable bonds is 2. The molecule has 0 saturated heterocycles. The van der Waals surface area contributed by atoms with Crippen LogP contribution in [0.15, 0.2) is 32.9 Å². The van der Waals surface area contributed by atoms with E-state index in [1.807, 2.05) is 0 Å². The highest BCUT2D eigenvalue weighted by atomic mass is 79.9. The van der Waals surface area contributed by atoms with Gasteiger partial charge in [-0.2, -0.15) is 0 Å². The Labute approximate surface area is 138 Å². The molecular weight excluding hydrogens is 395 g/mol. The largest absolute Gasteiger partial charge is 0.320 e. The van der Waals surface area contributed by atoms with Gasteiger partial charge in [0.15, 0.2) is 0 Å². The van der Waals surface area contributed by atoms with Crippen LogP contribution in [0.3, 0.4) is 0 Å². The van der Waals surface area contributed by atoms with Gasteiger partial charge in [0.25, 0.3) is 10.0 Å². The summed E-state index contributed by atoms with van der Waals surface area (Å²) in [6, 6.07) is 5.53. The highest BCUT2D eigenvalue weighted by Gasteiger charge is 2.35. The fourth-order valence-electron chi connectivity index (χ4n) is 2.26. The van der Waals surface area contributed by atoms with E-state index in [0.717, 1.165) is 4.31 Å². The first-order valence-electron chi connectivity index (χ1n) is 6.18. The second-order valence-electron chi connectivity index (χ2n) is 4.66. The third-order valence-electron chi connectivity index (χ3n) is 3.22. The third kappa shape index (κ3) is 2.42. The number of hydrogen-bond donors (Lipinski definition) is 1. The van der Waals surface area contributed by atoms with Crippen molar-refractivity contribution in [3.8, 4) is 0 Å². The van der Waals surface area contributed by atoms with Gasteiger partial charge in [-0.05, 0) is 41.1 Å². The van der Waals surface area contributed by atoms with Crippen LogP contribution in [0.2, 0.25) is 0 Å². The fraction of sp³-hybridized carbons (Fsp3) is 0.154. The number of benzene rings is 1. The van der Waals surface area contributed by atoms with Crippen LogP contribution in [0, 0.1) is 12.7 Å². The molecule has 1 aromatic heterocycles. The van der Waals surface area contributed by atoms with Gasteiger partial charge < -0.3 is 5.32 Å². The zero-order valence-corrected chi connectivity index (χ0v) is 14.5. The van der Waals surface area contributed by atoms with E-state index in [0.29, 0.717) is 8.66 Å². The maximum atomic E-state index is 13.9. The van der Waals surface area contributed by atoms with Crippen molar-refractivity contribution in [2.75, 3.05) is 16.2 Å². The molecule has 1 amide bonds. The number of hydrogen-bond acceptors (Lipinski definition) is 4. The number of nitrogens with one attached hydrogen (secondary N) is 1. The molecule has 0 unspecified atom stereocenters. The van der Waals surface area contributed by atoms with Gasteiger partial charge in [-0.1, -0.05) is 6.07 Å². The van der Waals surface area contributed by atoms with Gasteiger partial charge in [0.1, 0.15) is 22.9 Å². The maximum absolute atomic E-state index is 13.9. The molecule has 1 aromatic carbocycles. The van der Waals surface area contributed by atoms with E-state index in [-0.39, 0.29) is 22.8 Å². The molecule has 2 aromatic rings. The lowest BCUT2D eigenvalue weighted by atomic mass is 10.2. The molecule has 0 aliphatic carbocycles. The van der Waals surface area contributed by atoms with Crippen LogP contribution >= 0.6 is 27.3 Å². The van der Waals surface area contributed by atoms with Crippen molar-refractivity contribution in [1.82, 2.24) is 0 Å². The molecule has 0 saturated carbocycles. The second kappa shape index (κ2) is 5.32. The van der Waals surface area contributed by atoms with Crippen molar-refractivity contribution in [2.24, 2.45) is 0 Å². The normalized spacial score (nSPS) is 14.7. The SMILES string of the molecule is Cc1sc(Br)cc1S(=O)(=O)N1CC(=O)Nc2c(F)cccc21. The molecule has 9 heteroatoms. The van der Waals surface area contributed by atoms with Gasteiger partial charge >= 0.3 is 0 Å². The number of halogens is 2. The summed E-state index contributed by atoms with van der Waals surface area (Å²) in [6.45, 7) is 1.30. The number of anilines is 2. The molecule has 0 radical (unpaired) electrons. The predicted molar refractivity (Wildman–Crippen MR) is 86.3 cm³/mol. The second-order valence-corrected chi connectivity index (χ2v) is 9.13. The van der Waals surface area contributed by atoms with Gasteiger partial charge in [0.05, 0.1) is 9.47 Å². The van der Waals surface area contributed by atoms with Crippen molar-refractivity contribution in [3.05, 3.63) is 38.7 Å². The molecular formula is C13H10BrFN2O3S2. The Kier molecular flexibility index (Phi) is 3.74. The summed E-state index contributed by atoms with van der Waals surface area (Å²) in [5.41, 5.74) is 0.00981. The summed E-state index contributed by atoms with van der Waals surface area (Å²) in [7, 11) is -3.95. The van der Waals surface area contributed by atoms with E-state index in [9.17, 15) is 17.6 Å². The summed E-state index contributed by atoms with van der Waals surface area (Å²) < 4.78 is 41.2. The average molecular weight is 405 g/mol. The number of sulfonamides is 1. The lowest BCUT2D eigenvalue weighted by Gasteiger charge is -2.30. The zero-order valence-electron chi connectivity index (χ0n) is 11.3. The number of fused-ring (bicyclic) bond motifs is 1. The smallest absolute Gasteiger partial charge is 0.266 e. The number of para-hydroxylation sites is 1. The molecule has 116 valence electrons. The van der Waals surface area contributed by atoms with Crippen LogP contribution in [0.25, 0.3) is 0 Å². The first-order chi connectivity index (χ1) is 10.3. The molecule has 0 atom stereocenters. The van der Waals surface area contributed by atoms with E-state index in [1.165, 1.54) is 35.6 Å². The van der Waals surface area contributed by atoms with Gasteiger partial charge in [-0.25, -0.2) is 12.8 Å². The number of aryl methyl sites for hydroxylation is 1. The Morgan fingerprint density at radius 1 is 1.41 bits per heavy atom. The predicted octanol–water partition coefficient (Wildman–Crippen LogP) is 3.11. The minimum absolute atomic E-state index is 0.106. The van der Waals surface area contributed by atoms with Crippen molar-refractivity contribution < 1.29 is 17.6 Å². The first kappa shape index (κ1) is 15.4. The summed E-state index contributed by atoms with van der Waals surface area (Å²) >= 11 is 4.53. The number of carbonyl (C=O) groups excluding carboxylic acids is 1. The number of nitrogens with zero attached hydrogens (tertiary/aromatic N) is 1. The first-order valence-corrected chi connectivity index (χ1v) is 9.22. The molecule has 1 N–H and O–H groups in total. The van der Waals surface area contributed by atoms with E-state index in [4.69, 9.17) is 0 Å². The van der Waals surface area contributed by atoms with Crippen LogP contribution in [0.5, 0.6) is 0 Å². The molecule has 3 rings (SSSR count). The molecule has 1 aliphatic heterocycles. The monoisotopic (exact) mass is 404 g/mol. The van der Waals surface area contributed by atoms with E-state index < -0.39 is 21.7 Å². The molecule has 2 heterocycles. The Bertz CT molecular complexity index is 879. The Balaban J connectivity index is 2.19. The van der Waals surface area contributed by atoms with Crippen molar-refractivity contribution in [1.29, 1.82) is 0 Å². The van der Waals surface area contributed by atoms with E-state index in [2.05, 4.69) is 21.2 Å². The highest BCUT2D eigenvalue weighted by Crippen LogP contribution is 2.38. The molecule has 0 bridgehead atoms. The molecule has 5 nitrogen and oxygen atoms in total. The van der Waals surface area contributed by atoms with Gasteiger partial charge in [-0.3, -0.25) is 9.10 Å². The minimum atomic E-state index is -3.95. The number of amides is 1. The van der Waals surface area contributed by atoms with Crippen LogP contribution in [-0.2, 0) is 14.8 Å². The van der Waals surface area contributed by atoms with Crippen LogP contribution in [-0.4, -0.2) is 20.9 Å². The Hall–Kier alpha value is -1.45. The zero-order chi connectivity index (χ0) is 16.1. The molecule has 0 spiro atoms. The van der Waals surface area contributed by atoms with Crippen LogP contribution in [0.1, 0.15) is 4.88 Å². The lowest BCUT2D eigenvalue weighted by Crippen LogP contribution is -2.42. The van der Waals surface area contributed by atoms with E-state index >= 15 is 0 Å². The standard InChI is InChI=1S/C13H10BrFN2O3S2/c1-7-10(5-11(14)21-7)22(19,20)17-6-12(18)16-13-8(15)3-2-4-9(13)17/h2-5H,6H2,1H3,(H,16,18). The Morgan fingerprint density at radius 2 is 2.14 bits per heavy atom. The highest BCUT2D eigenvalue weighted by molar-refractivity contribution is 9.11. The quantitative estimate of drug-likeness (QED) is 0.835. The molecule has 22 heavy (non-hydrogen) atoms. The van der Waals surface area contributed by atoms with Crippen molar-refractivity contribution in [2.45, 2.75) is 11.8 Å². The van der Waals surface area contributed by atoms with Crippen molar-refractivity contribution in [3.63, 3.8) is 0 Å². The average Bonchev–Trinajstić information content (AvgIpc) is 2.79. The third-order valence-corrected chi connectivity index (χ3v) is 6.79. The fourth-order valence-corrected chi connectivity index (χ4v) is 6.08. The molecule has 1 aliphatic rings. The van der Waals surface area contributed by atoms with Crippen molar-refractivity contribution >= 4 is 54.6 Å². The number of thiophene rings is 1. The molecule has 0 fully saturated rings. The maximum Gasteiger partial charge on any atom is 0.266 e. The van der Waals surface area contributed by atoms with Crippen LogP contribution in [0.4, 0.5) is 15.8 Å². The van der Waals surface area contributed by atoms with Gasteiger partial charge in [0.2, 0.25) is 5.91 Å². The summed E-state index contributed by atoms with van der Waals surface area (Å²) in [6.07, 6.45) is 0. The summed E-state index contributed by atoms with van der Waals surface area (Å²) in [5.74, 6) is -1.25.